The van der Waals surface area contributed by atoms with Crippen LogP contribution in [0.15, 0.2) is 24.3 Å². The number of rotatable bonds is 4. The zero-order chi connectivity index (χ0) is 15.4. The minimum Gasteiger partial charge on any atom is -0.354 e. The van der Waals surface area contributed by atoms with E-state index < -0.39 is 0 Å². The molecule has 128 valence electrons. The van der Waals surface area contributed by atoms with Gasteiger partial charge in [-0.05, 0) is 49.9 Å². The first-order chi connectivity index (χ1) is 10.7. The Labute approximate surface area is 143 Å². The van der Waals surface area contributed by atoms with E-state index >= 15 is 0 Å². The fourth-order valence-corrected chi connectivity index (χ4v) is 3.88. The van der Waals surface area contributed by atoms with Gasteiger partial charge in [0.25, 0.3) is 0 Å². The van der Waals surface area contributed by atoms with Gasteiger partial charge in [-0.3, -0.25) is 4.79 Å². The number of carbonyl (C=O) groups excluding carboxylic acids is 1. The van der Waals surface area contributed by atoms with Crippen molar-refractivity contribution in [2.75, 3.05) is 13.1 Å². The van der Waals surface area contributed by atoms with Gasteiger partial charge in [0.05, 0.1) is 6.04 Å². The van der Waals surface area contributed by atoms with Gasteiger partial charge in [0.1, 0.15) is 5.82 Å². The Bertz CT molecular complexity index is 508. The molecule has 1 heterocycles. The van der Waals surface area contributed by atoms with Gasteiger partial charge in [0.15, 0.2) is 0 Å². The van der Waals surface area contributed by atoms with Crippen LogP contribution >= 0.6 is 12.4 Å². The second kappa shape index (κ2) is 8.11. The van der Waals surface area contributed by atoms with Gasteiger partial charge in [-0.25, -0.2) is 4.39 Å². The van der Waals surface area contributed by atoms with Crippen LogP contribution in [0.4, 0.5) is 4.39 Å². The van der Waals surface area contributed by atoms with Crippen molar-refractivity contribution in [1.29, 1.82) is 0 Å². The number of piperidine rings is 1. The molecule has 23 heavy (non-hydrogen) atoms. The Morgan fingerprint density at radius 1 is 1.17 bits per heavy atom. The summed E-state index contributed by atoms with van der Waals surface area (Å²) in [6, 6.07) is 6.78. The van der Waals surface area contributed by atoms with E-state index in [9.17, 15) is 9.18 Å². The maximum atomic E-state index is 13.2. The molecule has 1 aromatic carbocycles. The van der Waals surface area contributed by atoms with Crippen LogP contribution < -0.4 is 10.6 Å². The molecule has 1 saturated heterocycles. The predicted molar refractivity (Wildman–Crippen MR) is 92.4 cm³/mol. The number of hydrogen-bond acceptors (Lipinski definition) is 2. The lowest BCUT2D eigenvalue weighted by molar-refractivity contribution is -0.123. The van der Waals surface area contributed by atoms with E-state index in [0.29, 0.717) is 6.54 Å². The molecule has 3 rings (SSSR count). The summed E-state index contributed by atoms with van der Waals surface area (Å²) < 4.78 is 13.2. The van der Waals surface area contributed by atoms with Crippen molar-refractivity contribution in [3.8, 4) is 0 Å². The molecular formula is C18H26ClFN2O. The Balaban J connectivity index is 0.00000192. The largest absolute Gasteiger partial charge is 0.354 e. The van der Waals surface area contributed by atoms with E-state index in [1.54, 1.807) is 0 Å². The quantitative estimate of drug-likeness (QED) is 0.882. The van der Waals surface area contributed by atoms with Crippen molar-refractivity contribution >= 4 is 18.3 Å². The van der Waals surface area contributed by atoms with Crippen LogP contribution in [0, 0.1) is 5.82 Å². The van der Waals surface area contributed by atoms with E-state index in [1.807, 2.05) is 12.1 Å². The maximum absolute atomic E-state index is 13.2. The van der Waals surface area contributed by atoms with E-state index in [4.69, 9.17) is 0 Å². The molecule has 0 radical (unpaired) electrons. The summed E-state index contributed by atoms with van der Waals surface area (Å²) in [6.45, 7) is 1.59. The van der Waals surface area contributed by atoms with Crippen LogP contribution in [-0.4, -0.2) is 25.0 Å². The topological polar surface area (TPSA) is 41.1 Å². The van der Waals surface area contributed by atoms with E-state index in [-0.39, 0.29) is 35.6 Å². The third kappa shape index (κ3) is 4.24. The van der Waals surface area contributed by atoms with Crippen LogP contribution in [-0.2, 0) is 10.2 Å². The average Bonchev–Trinajstić information content (AvgIpc) is 3.04. The Morgan fingerprint density at radius 2 is 1.87 bits per heavy atom. The van der Waals surface area contributed by atoms with Crippen LogP contribution in [0.25, 0.3) is 0 Å². The number of amides is 1. The van der Waals surface area contributed by atoms with Crippen LogP contribution in [0.5, 0.6) is 0 Å². The summed E-state index contributed by atoms with van der Waals surface area (Å²) in [6.07, 6.45) is 7.69. The molecule has 0 bridgehead atoms. The molecule has 1 aliphatic heterocycles. The lowest BCUT2D eigenvalue weighted by atomic mass is 9.78. The molecule has 0 spiro atoms. The van der Waals surface area contributed by atoms with Gasteiger partial charge in [0, 0.05) is 12.0 Å². The minimum absolute atomic E-state index is 0. The Kier molecular flexibility index (Phi) is 6.42. The van der Waals surface area contributed by atoms with Gasteiger partial charge in [0.2, 0.25) is 5.91 Å². The highest BCUT2D eigenvalue weighted by Gasteiger charge is 2.36. The summed E-state index contributed by atoms with van der Waals surface area (Å²) >= 11 is 0. The summed E-state index contributed by atoms with van der Waals surface area (Å²) in [4.78, 5) is 12.3. The number of carbonyl (C=O) groups is 1. The second-order valence-electron chi connectivity index (χ2n) is 6.71. The van der Waals surface area contributed by atoms with Gasteiger partial charge in [-0.15, -0.1) is 12.4 Å². The molecular weight excluding hydrogens is 315 g/mol. The fraction of sp³-hybridized carbons (Fsp3) is 0.611. The highest BCUT2D eigenvalue weighted by atomic mass is 35.5. The number of benzene rings is 1. The maximum Gasteiger partial charge on any atom is 0.237 e. The summed E-state index contributed by atoms with van der Waals surface area (Å²) in [5.41, 5.74) is 1.14. The Hall–Kier alpha value is -1.13. The van der Waals surface area contributed by atoms with Crippen molar-refractivity contribution < 1.29 is 9.18 Å². The first-order valence-electron chi connectivity index (χ1n) is 8.47. The SMILES string of the molecule is Cl.O=C(NCC1(c2ccc(F)cc2)CCCC1)C1CCCCN1. The highest BCUT2D eigenvalue weighted by molar-refractivity contribution is 5.85. The normalized spacial score (nSPS) is 23.1. The molecule has 5 heteroatoms. The number of halogens is 2. The minimum atomic E-state index is -0.202. The van der Waals surface area contributed by atoms with Crippen molar-refractivity contribution in [3.63, 3.8) is 0 Å². The van der Waals surface area contributed by atoms with E-state index in [0.717, 1.165) is 44.2 Å². The first-order valence-corrected chi connectivity index (χ1v) is 8.47. The van der Waals surface area contributed by atoms with Crippen molar-refractivity contribution in [1.82, 2.24) is 10.6 Å². The smallest absolute Gasteiger partial charge is 0.237 e. The molecule has 1 aliphatic carbocycles. The summed E-state index contributed by atoms with van der Waals surface area (Å²) in [5, 5.41) is 6.45. The zero-order valence-electron chi connectivity index (χ0n) is 13.4. The van der Waals surface area contributed by atoms with Crippen LogP contribution in [0.2, 0.25) is 0 Å². The Morgan fingerprint density at radius 3 is 2.48 bits per heavy atom. The molecule has 1 unspecified atom stereocenters. The molecule has 1 amide bonds. The third-order valence-electron chi connectivity index (χ3n) is 5.25. The third-order valence-corrected chi connectivity index (χ3v) is 5.25. The fourth-order valence-electron chi connectivity index (χ4n) is 3.88. The predicted octanol–water partition coefficient (Wildman–Crippen LogP) is 3.32. The molecule has 2 fully saturated rings. The van der Waals surface area contributed by atoms with Crippen molar-refractivity contribution in [2.45, 2.75) is 56.4 Å². The summed E-state index contributed by atoms with van der Waals surface area (Å²) in [5.74, 6) is -0.0829. The van der Waals surface area contributed by atoms with Crippen molar-refractivity contribution in [2.24, 2.45) is 0 Å². The molecule has 1 atom stereocenters. The molecule has 2 aliphatic rings. The first kappa shape index (κ1) is 18.2. The zero-order valence-corrected chi connectivity index (χ0v) is 14.3. The van der Waals surface area contributed by atoms with E-state index in [2.05, 4.69) is 10.6 Å². The number of hydrogen-bond donors (Lipinski definition) is 2. The molecule has 1 aromatic rings. The lowest BCUT2D eigenvalue weighted by Gasteiger charge is -2.31. The van der Waals surface area contributed by atoms with Crippen LogP contribution in [0.1, 0.15) is 50.5 Å². The van der Waals surface area contributed by atoms with Crippen molar-refractivity contribution in [3.05, 3.63) is 35.6 Å². The van der Waals surface area contributed by atoms with Gasteiger partial charge in [-0.1, -0.05) is 31.4 Å². The molecule has 0 aromatic heterocycles. The molecule has 3 nitrogen and oxygen atoms in total. The van der Waals surface area contributed by atoms with E-state index in [1.165, 1.54) is 25.0 Å². The standard InChI is InChI=1S/C18H25FN2O.ClH/c19-15-8-6-14(7-9-15)18(10-2-3-11-18)13-21-17(22)16-5-1-4-12-20-16;/h6-9,16,20H,1-5,10-13H2,(H,21,22);1H. The average molecular weight is 341 g/mol. The highest BCUT2D eigenvalue weighted by Crippen LogP contribution is 2.40. The second-order valence-corrected chi connectivity index (χ2v) is 6.71. The monoisotopic (exact) mass is 340 g/mol. The van der Waals surface area contributed by atoms with Gasteiger partial charge in [-0.2, -0.15) is 0 Å². The van der Waals surface area contributed by atoms with Gasteiger partial charge < -0.3 is 10.6 Å². The van der Waals surface area contributed by atoms with Gasteiger partial charge >= 0.3 is 0 Å². The van der Waals surface area contributed by atoms with Crippen LogP contribution in [0.3, 0.4) is 0 Å². The molecule has 2 N–H and O–H groups in total. The number of nitrogens with one attached hydrogen (secondary N) is 2. The summed E-state index contributed by atoms with van der Waals surface area (Å²) in [7, 11) is 0. The molecule has 1 saturated carbocycles. The lowest BCUT2D eigenvalue weighted by Crippen LogP contribution is -2.49.